The second kappa shape index (κ2) is 7.03. The van der Waals surface area contributed by atoms with E-state index in [0.717, 1.165) is 12.1 Å². The molecule has 0 saturated carbocycles. The number of rotatable bonds is 3. The minimum absolute atomic E-state index is 0.0646. The van der Waals surface area contributed by atoms with E-state index < -0.39 is 17.7 Å². The quantitative estimate of drug-likeness (QED) is 0.639. The standard InChI is InChI=1S/C19H12F3N3O2/c1-2-27-18(26)17-16(12-5-3-11(10-23)4-6-12)24-14-8-7-13(19(20,21)22)9-15(14)25-17/h3-9H,2H2,1H3. The Morgan fingerprint density at radius 3 is 2.41 bits per heavy atom. The van der Waals surface area contributed by atoms with Crippen LogP contribution in [0.4, 0.5) is 13.2 Å². The van der Waals surface area contributed by atoms with Crippen LogP contribution >= 0.6 is 0 Å². The van der Waals surface area contributed by atoms with Gasteiger partial charge in [-0.15, -0.1) is 0 Å². The van der Waals surface area contributed by atoms with Gasteiger partial charge in [0.1, 0.15) is 5.69 Å². The highest BCUT2D eigenvalue weighted by molar-refractivity contribution is 5.96. The van der Waals surface area contributed by atoms with Crippen molar-refractivity contribution in [3.05, 3.63) is 59.3 Å². The number of alkyl halides is 3. The number of aromatic nitrogens is 2. The normalized spacial score (nSPS) is 11.2. The summed E-state index contributed by atoms with van der Waals surface area (Å²) in [6.45, 7) is 1.68. The molecule has 5 nitrogen and oxygen atoms in total. The van der Waals surface area contributed by atoms with Gasteiger partial charge in [0.05, 0.1) is 34.8 Å². The molecule has 2 aromatic carbocycles. The van der Waals surface area contributed by atoms with E-state index >= 15 is 0 Å². The second-order valence-corrected chi connectivity index (χ2v) is 5.53. The summed E-state index contributed by atoms with van der Waals surface area (Å²) in [6, 6.07) is 11.2. The molecule has 0 aliphatic rings. The average Bonchev–Trinajstić information content (AvgIpc) is 2.66. The van der Waals surface area contributed by atoms with Gasteiger partial charge in [-0.3, -0.25) is 0 Å². The summed E-state index contributed by atoms with van der Waals surface area (Å²) in [5.41, 5.74) is 0.149. The first-order valence-electron chi connectivity index (χ1n) is 7.90. The lowest BCUT2D eigenvalue weighted by Gasteiger charge is -2.11. The Kier molecular flexibility index (Phi) is 4.77. The van der Waals surface area contributed by atoms with Gasteiger partial charge in [0.15, 0.2) is 5.69 Å². The molecule has 0 bridgehead atoms. The molecule has 0 aliphatic carbocycles. The fourth-order valence-corrected chi connectivity index (χ4v) is 2.48. The van der Waals surface area contributed by atoms with Crippen molar-refractivity contribution in [2.45, 2.75) is 13.1 Å². The van der Waals surface area contributed by atoms with E-state index in [1.54, 1.807) is 31.2 Å². The van der Waals surface area contributed by atoms with Gasteiger partial charge in [0, 0.05) is 5.56 Å². The zero-order chi connectivity index (χ0) is 19.6. The smallest absolute Gasteiger partial charge is 0.416 e. The molecule has 27 heavy (non-hydrogen) atoms. The molecule has 0 spiro atoms. The van der Waals surface area contributed by atoms with Gasteiger partial charge >= 0.3 is 12.1 Å². The lowest BCUT2D eigenvalue weighted by molar-refractivity contribution is -0.137. The van der Waals surface area contributed by atoms with Crippen LogP contribution in [0, 0.1) is 11.3 Å². The van der Waals surface area contributed by atoms with Crippen molar-refractivity contribution in [3.63, 3.8) is 0 Å². The van der Waals surface area contributed by atoms with Crippen molar-refractivity contribution in [1.82, 2.24) is 9.97 Å². The van der Waals surface area contributed by atoms with E-state index in [2.05, 4.69) is 9.97 Å². The zero-order valence-corrected chi connectivity index (χ0v) is 14.0. The molecule has 0 saturated heterocycles. The van der Waals surface area contributed by atoms with Crippen molar-refractivity contribution in [1.29, 1.82) is 5.26 Å². The number of hydrogen-bond donors (Lipinski definition) is 0. The predicted octanol–water partition coefficient (Wildman–Crippen LogP) is 4.36. The van der Waals surface area contributed by atoms with Crippen LogP contribution in [0.2, 0.25) is 0 Å². The molecule has 0 fully saturated rings. The third-order valence-electron chi connectivity index (χ3n) is 3.75. The molecule has 0 amide bonds. The Labute approximate surface area is 152 Å². The number of hydrogen-bond acceptors (Lipinski definition) is 5. The molecule has 0 aliphatic heterocycles. The van der Waals surface area contributed by atoms with Gasteiger partial charge in [0.2, 0.25) is 0 Å². The van der Waals surface area contributed by atoms with Gasteiger partial charge in [-0.1, -0.05) is 12.1 Å². The maximum atomic E-state index is 12.9. The van der Waals surface area contributed by atoms with Crippen molar-refractivity contribution in [2.24, 2.45) is 0 Å². The van der Waals surface area contributed by atoms with Gasteiger partial charge in [0.25, 0.3) is 0 Å². The third kappa shape index (κ3) is 3.72. The van der Waals surface area contributed by atoms with E-state index in [9.17, 15) is 18.0 Å². The van der Waals surface area contributed by atoms with E-state index in [1.165, 1.54) is 6.07 Å². The molecule has 0 atom stereocenters. The predicted molar refractivity (Wildman–Crippen MR) is 90.6 cm³/mol. The minimum atomic E-state index is -4.54. The first-order valence-corrected chi connectivity index (χ1v) is 7.90. The highest BCUT2D eigenvalue weighted by Crippen LogP contribution is 2.32. The minimum Gasteiger partial charge on any atom is -0.461 e. The Bertz CT molecular complexity index is 1050. The first kappa shape index (κ1) is 18.3. The third-order valence-corrected chi connectivity index (χ3v) is 3.75. The lowest BCUT2D eigenvalue weighted by atomic mass is 10.1. The van der Waals surface area contributed by atoms with Gasteiger partial charge in [-0.25, -0.2) is 14.8 Å². The van der Waals surface area contributed by atoms with Crippen molar-refractivity contribution < 1.29 is 22.7 Å². The number of halogens is 3. The van der Waals surface area contributed by atoms with E-state index in [0.29, 0.717) is 11.1 Å². The molecule has 0 unspecified atom stereocenters. The molecule has 3 rings (SSSR count). The second-order valence-electron chi connectivity index (χ2n) is 5.53. The number of carbonyl (C=O) groups excluding carboxylic acids is 1. The van der Waals surface area contributed by atoms with Crippen LogP contribution in [0.15, 0.2) is 42.5 Å². The molecule has 8 heteroatoms. The summed E-state index contributed by atoms with van der Waals surface area (Å²) in [5.74, 6) is -0.788. The first-order chi connectivity index (χ1) is 12.8. The van der Waals surface area contributed by atoms with E-state index in [-0.39, 0.29) is 29.0 Å². The topological polar surface area (TPSA) is 75.9 Å². The lowest BCUT2D eigenvalue weighted by Crippen LogP contribution is -2.11. The van der Waals surface area contributed by atoms with Gasteiger partial charge < -0.3 is 4.74 Å². The number of benzene rings is 2. The highest BCUT2D eigenvalue weighted by Gasteiger charge is 2.31. The average molecular weight is 371 g/mol. The van der Waals surface area contributed by atoms with E-state index in [1.807, 2.05) is 6.07 Å². The molecular formula is C19H12F3N3O2. The Morgan fingerprint density at radius 1 is 1.11 bits per heavy atom. The van der Waals surface area contributed by atoms with Crippen LogP contribution in [-0.2, 0) is 10.9 Å². The van der Waals surface area contributed by atoms with Crippen LogP contribution in [0.1, 0.15) is 28.5 Å². The molecule has 3 aromatic rings. The van der Waals surface area contributed by atoms with Crippen molar-refractivity contribution in [3.8, 4) is 17.3 Å². The molecule has 0 radical (unpaired) electrons. The maximum absolute atomic E-state index is 12.9. The van der Waals surface area contributed by atoms with Gasteiger partial charge in [-0.2, -0.15) is 18.4 Å². The van der Waals surface area contributed by atoms with E-state index in [4.69, 9.17) is 10.00 Å². The number of carbonyl (C=O) groups is 1. The summed E-state index contributed by atoms with van der Waals surface area (Å²) in [5, 5.41) is 8.90. The van der Waals surface area contributed by atoms with Crippen LogP contribution in [0.25, 0.3) is 22.3 Å². The summed E-state index contributed by atoms with van der Waals surface area (Å²) in [6.07, 6.45) is -4.54. The fraction of sp³-hybridized carbons (Fsp3) is 0.158. The number of nitriles is 1. The highest BCUT2D eigenvalue weighted by atomic mass is 19.4. The summed E-state index contributed by atoms with van der Waals surface area (Å²) in [7, 11) is 0. The number of ether oxygens (including phenoxy) is 1. The largest absolute Gasteiger partial charge is 0.461 e. The maximum Gasteiger partial charge on any atom is 0.416 e. The van der Waals surface area contributed by atoms with Crippen molar-refractivity contribution >= 4 is 17.0 Å². The molecule has 0 N–H and O–H groups in total. The molecule has 1 heterocycles. The van der Waals surface area contributed by atoms with Crippen LogP contribution < -0.4 is 0 Å². The number of fused-ring (bicyclic) bond motifs is 1. The van der Waals surface area contributed by atoms with Crippen LogP contribution in [-0.4, -0.2) is 22.5 Å². The summed E-state index contributed by atoms with van der Waals surface area (Å²) in [4.78, 5) is 20.7. The summed E-state index contributed by atoms with van der Waals surface area (Å²) < 4.78 is 43.8. The SMILES string of the molecule is CCOC(=O)c1nc2cc(C(F)(F)F)ccc2nc1-c1ccc(C#N)cc1. The van der Waals surface area contributed by atoms with Crippen LogP contribution in [0.3, 0.4) is 0 Å². The number of esters is 1. The molecule has 1 aromatic heterocycles. The number of nitrogens with zero attached hydrogens (tertiary/aromatic N) is 3. The fourth-order valence-electron chi connectivity index (χ4n) is 2.48. The molecule has 136 valence electrons. The monoisotopic (exact) mass is 371 g/mol. The zero-order valence-electron chi connectivity index (χ0n) is 14.0. The Balaban J connectivity index is 2.22. The van der Waals surface area contributed by atoms with Crippen molar-refractivity contribution in [2.75, 3.05) is 6.61 Å². The molecular weight excluding hydrogens is 359 g/mol. The van der Waals surface area contributed by atoms with Gasteiger partial charge in [-0.05, 0) is 37.3 Å². The Morgan fingerprint density at radius 2 is 1.81 bits per heavy atom. The Hall–Kier alpha value is -3.47. The van der Waals surface area contributed by atoms with Crippen LogP contribution in [0.5, 0.6) is 0 Å². The summed E-state index contributed by atoms with van der Waals surface area (Å²) >= 11 is 0.